The summed E-state index contributed by atoms with van der Waals surface area (Å²) in [4.78, 5) is 21.5. The van der Waals surface area contributed by atoms with E-state index in [2.05, 4.69) is 4.74 Å². The van der Waals surface area contributed by atoms with Crippen molar-refractivity contribution in [1.82, 2.24) is 4.31 Å². The monoisotopic (exact) mass is 309 g/mol. The van der Waals surface area contributed by atoms with Crippen molar-refractivity contribution in [3.63, 3.8) is 0 Å². The van der Waals surface area contributed by atoms with Crippen LogP contribution in [0.4, 0.5) is 0 Å². The number of hydrogen-bond donors (Lipinski definition) is 1. The number of rotatable bonds is 8. The average Bonchev–Trinajstić information content (AvgIpc) is 2.31. The summed E-state index contributed by atoms with van der Waals surface area (Å²) < 4.78 is 34.7. The Balaban J connectivity index is 2.41. The van der Waals surface area contributed by atoms with Crippen molar-refractivity contribution in [2.24, 2.45) is 0 Å². The van der Waals surface area contributed by atoms with E-state index in [0.29, 0.717) is 0 Å². The number of nitrogens with zero attached hydrogens (tertiary/aromatic N) is 1. The van der Waals surface area contributed by atoms with Gasteiger partial charge in [0, 0.05) is 13.1 Å². The predicted octanol–water partition coefficient (Wildman–Crippen LogP) is -0.555. The van der Waals surface area contributed by atoms with E-state index in [0.717, 1.165) is 0 Å². The first kappa shape index (κ1) is 16.9. The van der Waals surface area contributed by atoms with Gasteiger partial charge < -0.3 is 14.6 Å². The molecule has 8 nitrogen and oxygen atoms in total. The van der Waals surface area contributed by atoms with Crippen LogP contribution in [0.3, 0.4) is 0 Å². The molecule has 9 heteroatoms. The zero-order valence-corrected chi connectivity index (χ0v) is 12.3. The molecule has 0 atom stereocenters. The van der Waals surface area contributed by atoms with Crippen LogP contribution in [0.15, 0.2) is 0 Å². The third kappa shape index (κ3) is 4.73. The number of aliphatic carboxylic acids is 1. The first-order valence-electron chi connectivity index (χ1n) is 6.18. The van der Waals surface area contributed by atoms with Crippen LogP contribution in [-0.2, 0) is 29.1 Å². The Labute approximate surface area is 117 Å². The van der Waals surface area contributed by atoms with E-state index >= 15 is 0 Å². The Morgan fingerprint density at radius 2 is 1.95 bits per heavy atom. The summed E-state index contributed by atoms with van der Waals surface area (Å²) in [7, 11) is -3.54. The first-order valence-corrected chi connectivity index (χ1v) is 7.78. The maximum Gasteiger partial charge on any atom is 0.329 e. The molecule has 0 amide bonds. The molecule has 1 fully saturated rings. The van der Waals surface area contributed by atoms with Gasteiger partial charge in [-0.1, -0.05) is 0 Å². The molecule has 0 aromatic carbocycles. The van der Waals surface area contributed by atoms with Gasteiger partial charge in [0.1, 0.15) is 6.61 Å². The molecule has 1 aliphatic rings. The molecule has 0 radical (unpaired) electrons. The molecule has 0 aliphatic carbocycles. The molecule has 1 N–H and O–H groups in total. The number of ether oxygens (including phenoxy) is 2. The van der Waals surface area contributed by atoms with Gasteiger partial charge in [-0.2, -0.15) is 4.31 Å². The largest absolute Gasteiger partial charge is 0.480 e. The number of carboxylic acid groups (broad SMARTS) is 1. The van der Waals surface area contributed by atoms with E-state index in [1.165, 1.54) is 4.31 Å². The molecule has 0 spiro atoms. The predicted molar refractivity (Wildman–Crippen MR) is 68.6 cm³/mol. The third-order valence-corrected chi connectivity index (χ3v) is 4.59. The minimum absolute atomic E-state index is 0.0887. The number of carbonyl (C=O) groups excluding carboxylic acids is 1. The highest BCUT2D eigenvalue weighted by molar-refractivity contribution is 7.89. The normalized spacial score (nSPS) is 18.3. The van der Waals surface area contributed by atoms with Crippen LogP contribution in [0.5, 0.6) is 0 Å². The third-order valence-electron chi connectivity index (χ3n) is 2.83. The Morgan fingerprint density at radius 3 is 2.45 bits per heavy atom. The topological polar surface area (TPSA) is 110 Å². The van der Waals surface area contributed by atoms with Gasteiger partial charge >= 0.3 is 11.9 Å². The summed E-state index contributed by atoms with van der Waals surface area (Å²) in [5.41, 5.74) is -0.782. The van der Waals surface area contributed by atoms with Crippen molar-refractivity contribution in [3.05, 3.63) is 0 Å². The van der Waals surface area contributed by atoms with E-state index in [9.17, 15) is 18.0 Å². The van der Waals surface area contributed by atoms with Gasteiger partial charge in [0.15, 0.2) is 0 Å². The summed E-state index contributed by atoms with van der Waals surface area (Å²) in [6.45, 7) is 3.22. The molecular weight excluding hydrogens is 290 g/mol. The van der Waals surface area contributed by atoms with E-state index in [1.54, 1.807) is 13.8 Å². The molecular formula is C11H19NO7S. The highest BCUT2D eigenvalue weighted by atomic mass is 32.2. The molecule has 1 aliphatic heterocycles. The van der Waals surface area contributed by atoms with Gasteiger partial charge in [-0.3, -0.25) is 4.79 Å². The van der Waals surface area contributed by atoms with Crippen molar-refractivity contribution in [3.8, 4) is 0 Å². The van der Waals surface area contributed by atoms with Crippen LogP contribution in [0, 0.1) is 0 Å². The fourth-order valence-corrected chi connectivity index (χ4v) is 3.42. The van der Waals surface area contributed by atoms with E-state index in [-0.39, 0.29) is 31.9 Å². The molecule has 1 rings (SSSR count). The second-order valence-electron chi connectivity index (χ2n) is 4.77. The number of hydrogen-bond acceptors (Lipinski definition) is 6. The van der Waals surface area contributed by atoms with Crippen LogP contribution in [0.1, 0.15) is 20.3 Å². The van der Waals surface area contributed by atoms with Crippen molar-refractivity contribution < 1.29 is 32.6 Å². The van der Waals surface area contributed by atoms with Crippen molar-refractivity contribution >= 4 is 22.0 Å². The molecule has 0 bridgehead atoms. The maximum absolute atomic E-state index is 11.9. The van der Waals surface area contributed by atoms with Gasteiger partial charge in [0.2, 0.25) is 10.0 Å². The lowest BCUT2D eigenvalue weighted by Crippen LogP contribution is -2.63. The zero-order valence-electron chi connectivity index (χ0n) is 11.5. The Kier molecular flexibility index (Phi) is 5.49. The highest BCUT2D eigenvalue weighted by Crippen LogP contribution is 2.27. The molecule has 1 saturated heterocycles. The molecule has 116 valence electrons. The lowest BCUT2D eigenvalue weighted by atomic mass is 10.0. The molecule has 0 aromatic heterocycles. The lowest BCUT2D eigenvalue weighted by Gasteiger charge is -2.46. The zero-order chi connectivity index (χ0) is 15.4. The summed E-state index contributed by atoms with van der Waals surface area (Å²) in [5.74, 6) is -1.97. The second-order valence-corrected chi connectivity index (χ2v) is 6.86. The standard InChI is InChI=1S/C11H19NO7S/c1-3-18-10(15)4-5-20(16,17)12-7-11(2,8-12)19-6-9(13)14/h3-8H2,1-2H3,(H,13,14). The van der Waals surface area contributed by atoms with Gasteiger partial charge in [-0.25, -0.2) is 13.2 Å². The van der Waals surface area contributed by atoms with E-state index in [1.807, 2.05) is 0 Å². The van der Waals surface area contributed by atoms with Crippen molar-refractivity contribution in [1.29, 1.82) is 0 Å². The fourth-order valence-electron chi connectivity index (χ4n) is 1.80. The van der Waals surface area contributed by atoms with Crippen LogP contribution >= 0.6 is 0 Å². The number of carbonyl (C=O) groups is 2. The smallest absolute Gasteiger partial charge is 0.329 e. The lowest BCUT2D eigenvalue weighted by molar-refractivity contribution is -0.157. The van der Waals surface area contributed by atoms with Gasteiger partial charge in [-0.15, -0.1) is 0 Å². The Morgan fingerprint density at radius 1 is 1.35 bits per heavy atom. The van der Waals surface area contributed by atoms with Gasteiger partial charge in [0.05, 0.1) is 24.4 Å². The van der Waals surface area contributed by atoms with E-state index < -0.39 is 34.2 Å². The summed E-state index contributed by atoms with van der Waals surface area (Å²) in [5, 5.41) is 8.51. The van der Waals surface area contributed by atoms with Gasteiger partial charge in [0.25, 0.3) is 0 Å². The minimum atomic E-state index is -3.54. The Hall–Kier alpha value is -1.19. The van der Waals surface area contributed by atoms with Crippen molar-refractivity contribution in [2.45, 2.75) is 25.9 Å². The summed E-state index contributed by atoms with van der Waals surface area (Å²) >= 11 is 0. The average molecular weight is 309 g/mol. The molecule has 0 aromatic rings. The fraction of sp³-hybridized carbons (Fsp3) is 0.818. The van der Waals surface area contributed by atoms with Gasteiger partial charge in [-0.05, 0) is 13.8 Å². The van der Waals surface area contributed by atoms with Crippen LogP contribution < -0.4 is 0 Å². The highest BCUT2D eigenvalue weighted by Gasteiger charge is 2.45. The quantitative estimate of drug-likeness (QED) is 0.599. The summed E-state index contributed by atoms with van der Waals surface area (Å²) in [6.07, 6.45) is -0.195. The summed E-state index contributed by atoms with van der Waals surface area (Å²) in [6, 6.07) is 0. The minimum Gasteiger partial charge on any atom is -0.480 e. The number of esters is 1. The van der Waals surface area contributed by atoms with E-state index in [4.69, 9.17) is 9.84 Å². The number of sulfonamides is 1. The maximum atomic E-state index is 11.9. The van der Waals surface area contributed by atoms with Crippen LogP contribution in [-0.4, -0.2) is 67.4 Å². The molecule has 0 unspecified atom stereocenters. The number of carboxylic acids is 1. The van der Waals surface area contributed by atoms with Crippen LogP contribution in [0.25, 0.3) is 0 Å². The molecule has 20 heavy (non-hydrogen) atoms. The Bertz CT molecular complexity index is 467. The second kappa shape index (κ2) is 6.51. The molecule has 1 heterocycles. The van der Waals surface area contributed by atoms with Crippen molar-refractivity contribution in [2.75, 3.05) is 32.1 Å². The first-order chi connectivity index (χ1) is 9.18. The molecule has 0 saturated carbocycles. The van der Waals surface area contributed by atoms with Crippen LogP contribution in [0.2, 0.25) is 0 Å². The SMILES string of the molecule is CCOC(=O)CCS(=O)(=O)N1CC(C)(OCC(=O)O)C1.